The number of aromatic nitrogens is 1. The van der Waals surface area contributed by atoms with Gasteiger partial charge in [0.15, 0.2) is 0 Å². The molecule has 0 spiro atoms. The van der Waals surface area contributed by atoms with Crippen molar-refractivity contribution < 1.29 is 18.3 Å². The summed E-state index contributed by atoms with van der Waals surface area (Å²) >= 11 is 2.93. The lowest BCUT2D eigenvalue weighted by Gasteiger charge is -2.09. The van der Waals surface area contributed by atoms with Gasteiger partial charge in [-0.15, -0.1) is 0 Å². The first-order valence-electron chi connectivity index (χ1n) is 4.27. The molecule has 0 atom stereocenters. The molecule has 0 aliphatic rings. The predicted octanol–water partition coefficient (Wildman–Crippen LogP) is 2.03. The van der Waals surface area contributed by atoms with Crippen LogP contribution in [0.2, 0.25) is 0 Å². The molecule has 0 unspecified atom stereocenters. The fourth-order valence-corrected chi connectivity index (χ4v) is 1.62. The Morgan fingerprint density at radius 2 is 2.31 bits per heavy atom. The molecule has 1 rings (SSSR count). The number of nitrogens with two attached hydrogens (primary N) is 1. The fraction of sp³-hybridized carbons (Fsp3) is 0.333. The average molecular weight is 295 g/mol. The van der Waals surface area contributed by atoms with Gasteiger partial charge >= 0.3 is 5.97 Å². The van der Waals surface area contributed by atoms with Crippen molar-refractivity contribution in [3.63, 3.8) is 0 Å². The number of hydrogen-bond donors (Lipinski definition) is 1. The Bertz CT molecular complexity index is 413. The highest BCUT2D eigenvalue weighted by Gasteiger charge is 2.20. The van der Waals surface area contributed by atoms with Gasteiger partial charge in [0, 0.05) is 6.54 Å². The lowest BCUT2D eigenvalue weighted by molar-refractivity contribution is 0.0598. The zero-order valence-corrected chi connectivity index (χ0v) is 9.92. The highest BCUT2D eigenvalue weighted by molar-refractivity contribution is 9.10. The molecule has 0 aliphatic heterocycles. The smallest absolute Gasteiger partial charge is 0.340 e. The van der Waals surface area contributed by atoms with Crippen LogP contribution in [0.15, 0.2) is 10.7 Å². The summed E-state index contributed by atoms with van der Waals surface area (Å²) in [6.45, 7) is -0.121. The van der Waals surface area contributed by atoms with Gasteiger partial charge in [0.1, 0.15) is 10.3 Å². The molecule has 88 valence electrons. The summed E-state index contributed by atoms with van der Waals surface area (Å²) < 4.78 is 29.6. The number of rotatable bonds is 3. The summed E-state index contributed by atoms with van der Waals surface area (Å²) in [5.74, 6) is -0.658. The van der Waals surface area contributed by atoms with Crippen molar-refractivity contribution >= 4 is 21.9 Å². The number of methoxy groups -OCH3 is 1. The molecule has 0 aliphatic carbocycles. The number of esters is 1. The SMILES string of the molecule is COC(=O)c1cc(CN)c(C(F)F)nc1Br. The van der Waals surface area contributed by atoms with Crippen LogP contribution in [0.1, 0.15) is 28.0 Å². The third-order valence-corrected chi connectivity index (χ3v) is 2.52. The molecule has 0 saturated heterocycles. The van der Waals surface area contributed by atoms with Gasteiger partial charge in [-0.25, -0.2) is 18.6 Å². The summed E-state index contributed by atoms with van der Waals surface area (Å²) in [6.07, 6.45) is -2.73. The molecule has 0 saturated carbocycles. The minimum Gasteiger partial charge on any atom is -0.465 e. The monoisotopic (exact) mass is 294 g/mol. The Balaban J connectivity index is 3.31. The van der Waals surface area contributed by atoms with E-state index in [9.17, 15) is 13.6 Å². The standard InChI is InChI=1S/C9H9BrF2N2O2/c1-16-9(15)5-2-4(3-13)6(8(11)12)14-7(5)10/h2,8H,3,13H2,1H3. The molecule has 16 heavy (non-hydrogen) atoms. The predicted molar refractivity (Wildman–Crippen MR) is 56.1 cm³/mol. The first kappa shape index (κ1) is 13.0. The van der Waals surface area contributed by atoms with Gasteiger partial charge in [-0.2, -0.15) is 0 Å². The zero-order chi connectivity index (χ0) is 12.3. The van der Waals surface area contributed by atoms with Crippen molar-refractivity contribution in [3.8, 4) is 0 Å². The molecule has 7 heteroatoms. The van der Waals surface area contributed by atoms with Crippen LogP contribution in [-0.2, 0) is 11.3 Å². The number of pyridine rings is 1. The van der Waals surface area contributed by atoms with Crippen molar-refractivity contribution in [2.24, 2.45) is 5.73 Å². The van der Waals surface area contributed by atoms with E-state index in [0.29, 0.717) is 0 Å². The quantitative estimate of drug-likeness (QED) is 0.684. The molecule has 1 aromatic rings. The van der Waals surface area contributed by atoms with Crippen LogP contribution < -0.4 is 5.73 Å². The number of alkyl halides is 2. The fourth-order valence-electron chi connectivity index (χ4n) is 1.15. The minimum atomic E-state index is -2.73. The second-order valence-electron chi connectivity index (χ2n) is 2.87. The van der Waals surface area contributed by atoms with Gasteiger partial charge in [0.25, 0.3) is 6.43 Å². The first-order chi connectivity index (χ1) is 7.51. The van der Waals surface area contributed by atoms with Crippen LogP contribution in [0.25, 0.3) is 0 Å². The lowest BCUT2D eigenvalue weighted by Crippen LogP contribution is -2.10. The topological polar surface area (TPSA) is 65.2 Å². The number of hydrogen-bond acceptors (Lipinski definition) is 4. The third kappa shape index (κ3) is 2.53. The highest BCUT2D eigenvalue weighted by atomic mass is 79.9. The minimum absolute atomic E-state index is 0.0202. The molecule has 1 aromatic heterocycles. The number of ether oxygens (including phenoxy) is 1. The molecule has 0 amide bonds. The first-order valence-corrected chi connectivity index (χ1v) is 5.06. The van der Waals surface area contributed by atoms with Crippen molar-refractivity contribution in [2.75, 3.05) is 7.11 Å². The number of nitrogens with zero attached hydrogens (tertiary/aromatic N) is 1. The molecular weight excluding hydrogens is 286 g/mol. The Hall–Kier alpha value is -1.08. The molecule has 0 radical (unpaired) electrons. The Labute approximate surface area is 98.9 Å². The van der Waals surface area contributed by atoms with Gasteiger partial charge in [-0.3, -0.25) is 0 Å². The van der Waals surface area contributed by atoms with E-state index in [1.165, 1.54) is 13.2 Å². The maximum atomic E-state index is 12.6. The normalized spacial score (nSPS) is 10.6. The number of halogens is 3. The summed E-state index contributed by atoms with van der Waals surface area (Å²) in [6, 6.07) is 1.25. The molecule has 0 fully saturated rings. The van der Waals surface area contributed by atoms with Gasteiger partial charge < -0.3 is 10.5 Å². The lowest BCUT2D eigenvalue weighted by atomic mass is 10.1. The second kappa shape index (κ2) is 5.31. The van der Waals surface area contributed by atoms with Crippen molar-refractivity contribution in [2.45, 2.75) is 13.0 Å². The Kier molecular flexibility index (Phi) is 4.31. The molecular formula is C9H9BrF2N2O2. The van der Waals surface area contributed by atoms with E-state index >= 15 is 0 Å². The number of carbonyl (C=O) groups excluding carboxylic acids is 1. The van der Waals surface area contributed by atoms with Gasteiger partial charge in [-0.05, 0) is 27.6 Å². The van der Waals surface area contributed by atoms with E-state index in [2.05, 4.69) is 25.7 Å². The van der Waals surface area contributed by atoms with E-state index in [1.807, 2.05) is 0 Å². The third-order valence-electron chi connectivity index (χ3n) is 1.92. The summed E-state index contributed by atoms with van der Waals surface area (Å²) in [7, 11) is 1.19. The van der Waals surface area contributed by atoms with E-state index in [4.69, 9.17) is 5.73 Å². The maximum Gasteiger partial charge on any atom is 0.340 e. The van der Waals surface area contributed by atoms with Crippen molar-refractivity contribution in [3.05, 3.63) is 27.5 Å². The van der Waals surface area contributed by atoms with E-state index in [-0.39, 0.29) is 22.3 Å². The molecule has 2 N–H and O–H groups in total. The van der Waals surface area contributed by atoms with Gasteiger partial charge in [0.2, 0.25) is 0 Å². The average Bonchev–Trinajstić information content (AvgIpc) is 2.27. The summed E-state index contributed by atoms with van der Waals surface area (Å²) in [5, 5.41) is 0. The molecule has 0 aromatic carbocycles. The van der Waals surface area contributed by atoms with Gasteiger partial charge in [-0.1, -0.05) is 0 Å². The summed E-state index contributed by atoms with van der Waals surface area (Å²) in [4.78, 5) is 14.9. The van der Waals surface area contributed by atoms with Crippen LogP contribution in [0, 0.1) is 0 Å². The van der Waals surface area contributed by atoms with Crippen molar-refractivity contribution in [1.82, 2.24) is 4.98 Å². The molecule has 0 bridgehead atoms. The zero-order valence-electron chi connectivity index (χ0n) is 8.34. The van der Waals surface area contributed by atoms with Crippen LogP contribution >= 0.6 is 15.9 Å². The largest absolute Gasteiger partial charge is 0.465 e. The Morgan fingerprint density at radius 3 is 2.75 bits per heavy atom. The number of carbonyl (C=O) groups is 1. The van der Waals surface area contributed by atoms with E-state index in [1.54, 1.807) is 0 Å². The van der Waals surface area contributed by atoms with Crippen LogP contribution in [0.4, 0.5) is 8.78 Å². The second-order valence-corrected chi connectivity index (χ2v) is 3.62. The van der Waals surface area contributed by atoms with Crippen molar-refractivity contribution in [1.29, 1.82) is 0 Å². The maximum absolute atomic E-state index is 12.6. The van der Waals surface area contributed by atoms with Crippen LogP contribution in [-0.4, -0.2) is 18.1 Å². The van der Waals surface area contributed by atoms with Crippen LogP contribution in [0.5, 0.6) is 0 Å². The van der Waals surface area contributed by atoms with E-state index in [0.717, 1.165) is 0 Å². The summed E-state index contributed by atoms with van der Waals surface area (Å²) in [5.41, 5.74) is 5.08. The van der Waals surface area contributed by atoms with Crippen LogP contribution in [0.3, 0.4) is 0 Å². The van der Waals surface area contributed by atoms with E-state index < -0.39 is 18.1 Å². The highest BCUT2D eigenvalue weighted by Crippen LogP contribution is 2.26. The molecule has 1 heterocycles. The molecule has 4 nitrogen and oxygen atoms in total. The van der Waals surface area contributed by atoms with Gasteiger partial charge in [0.05, 0.1) is 12.7 Å². The Morgan fingerprint density at radius 1 is 1.69 bits per heavy atom.